The largest absolute Gasteiger partial charge is 0.374 e. The summed E-state index contributed by atoms with van der Waals surface area (Å²) in [6.45, 7) is 17.3. The molecule has 0 radical (unpaired) electrons. The predicted octanol–water partition coefficient (Wildman–Crippen LogP) is 7.01. The normalized spacial score (nSPS) is 12.0. The van der Waals surface area contributed by atoms with E-state index >= 15 is 0 Å². The maximum Gasteiger partial charge on any atom is 0.0739 e. The first-order chi connectivity index (χ1) is 14.0. The lowest BCUT2D eigenvalue weighted by Gasteiger charge is -2.32. The van der Waals surface area contributed by atoms with Crippen LogP contribution in [0.3, 0.4) is 0 Å². The summed E-state index contributed by atoms with van der Waals surface area (Å²) in [5.41, 5.74) is 8.80. The maximum absolute atomic E-state index is 5.10. The van der Waals surface area contributed by atoms with E-state index in [1.165, 1.54) is 33.6 Å². The third-order valence-electron chi connectivity index (χ3n) is 5.87. The van der Waals surface area contributed by atoms with E-state index in [0.29, 0.717) is 0 Å². The molecule has 0 aliphatic heterocycles. The van der Waals surface area contributed by atoms with E-state index in [1.807, 2.05) is 0 Å². The number of pyridine rings is 1. The SMILES string of the molecule is Cc1cccc(C)c1NC(C)(C)c1cccc(C(C)(C)Nc2c(C)cccc2C)n1. The van der Waals surface area contributed by atoms with E-state index in [4.69, 9.17) is 4.98 Å². The van der Waals surface area contributed by atoms with Gasteiger partial charge in [-0.05, 0) is 89.8 Å². The van der Waals surface area contributed by atoms with Gasteiger partial charge in [-0.25, -0.2) is 0 Å². The van der Waals surface area contributed by atoms with Gasteiger partial charge in [0.05, 0.1) is 22.5 Å². The fourth-order valence-electron chi connectivity index (χ4n) is 3.91. The average Bonchev–Trinajstić information content (AvgIpc) is 2.68. The van der Waals surface area contributed by atoms with E-state index in [2.05, 4.69) is 121 Å². The number of anilines is 2. The Bertz CT molecular complexity index is 926. The minimum atomic E-state index is -0.304. The van der Waals surface area contributed by atoms with Crippen LogP contribution in [0.1, 0.15) is 61.3 Å². The Labute approximate surface area is 182 Å². The first-order valence-corrected chi connectivity index (χ1v) is 10.7. The highest BCUT2D eigenvalue weighted by Crippen LogP contribution is 2.32. The Morgan fingerprint density at radius 1 is 0.533 bits per heavy atom. The highest BCUT2D eigenvalue weighted by Gasteiger charge is 2.28. The van der Waals surface area contributed by atoms with Gasteiger partial charge in [-0.3, -0.25) is 4.98 Å². The summed E-state index contributed by atoms with van der Waals surface area (Å²) in [6.07, 6.45) is 0. The second-order valence-electron chi connectivity index (χ2n) is 9.44. The van der Waals surface area contributed by atoms with Crippen LogP contribution in [-0.4, -0.2) is 4.98 Å². The lowest BCUT2D eigenvalue weighted by atomic mass is 9.93. The van der Waals surface area contributed by atoms with Gasteiger partial charge in [-0.1, -0.05) is 42.5 Å². The molecule has 0 fully saturated rings. The third kappa shape index (κ3) is 4.51. The zero-order valence-corrected chi connectivity index (χ0v) is 19.6. The van der Waals surface area contributed by atoms with Crippen molar-refractivity contribution in [2.24, 2.45) is 0 Å². The molecule has 0 aliphatic carbocycles. The van der Waals surface area contributed by atoms with E-state index in [9.17, 15) is 0 Å². The predicted molar refractivity (Wildman–Crippen MR) is 129 cm³/mol. The van der Waals surface area contributed by atoms with Gasteiger partial charge < -0.3 is 10.6 Å². The fraction of sp³-hybridized carbons (Fsp3) is 0.370. The standard InChI is InChI=1S/C27H35N3/c1-18-12-9-13-19(2)24(18)29-26(5,6)22-16-11-17-23(28-22)27(7,8)30-25-20(3)14-10-15-21(25)4/h9-17,29-30H,1-8H3. The first-order valence-electron chi connectivity index (χ1n) is 10.7. The van der Waals surface area contributed by atoms with Crippen molar-refractivity contribution >= 4 is 11.4 Å². The Morgan fingerprint density at radius 3 is 1.17 bits per heavy atom. The van der Waals surface area contributed by atoms with Crippen molar-refractivity contribution in [2.45, 2.75) is 66.5 Å². The number of para-hydroxylation sites is 2. The van der Waals surface area contributed by atoms with E-state index < -0.39 is 0 Å². The molecule has 3 nitrogen and oxygen atoms in total. The summed E-state index contributed by atoms with van der Waals surface area (Å²) in [5.74, 6) is 0. The average molecular weight is 402 g/mol. The summed E-state index contributed by atoms with van der Waals surface area (Å²) in [5, 5.41) is 7.47. The molecule has 158 valence electrons. The highest BCUT2D eigenvalue weighted by atomic mass is 15.0. The zero-order chi connectivity index (χ0) is 22.1. The molecule has 0 unspecified atom stereocenters. The van der Waals surface area contributed by atoms with Crippen molar-refractivity contribution in [1.82, 2.24) is 4.98 Å². The Kier molecular flexibility index (Phi) is 5.94. The fourth-order valence-corrected chi connectivity index (χ4v) is 3.91. The van der Waals surface area contributed by atoms with Gasteiger partial charge >= 0.3 is 0 Å². The van der Waals surface area contributed by atoms with Crippen LogP contribution in [0.2, 0.25) is 0 Å². The van der Waals surface area contributed by atoms with Crippen LogP contribution in [-0.2, 0) is 11.1 Å². The first kappa shape index (κ1) is 21.9. The van der Waals surface area contributed by atoms with Gasteiger partial charge in [0.25, 0.3) is 0 Å². The molecule has 3 rings (SSSR count). The number of rotatable bonds is 6. The van der Waals surface area contributed by atoms with Crippen molar-refractivity contribution in [3.8, 4) is 0 Å². The highest BCUT2D eigenvalue weighted by molar-refractivity contribution is 5.60. The molecule has 0 saturated carbocycles. The van der Waals surface area contributed by atoms with Crippen molar-refractivity contribution in [3.05, 3.63) is 88.2 Å². The zero-order valence-electron chi connectivity index (χ0n) is 19.6. The summed E-state index contributed by atoms with van der Waals surface area (Å²) < 4.78 is 0. The Balaban J connectivity index is 1.93. The number of aromatic nitrogens is 1. The molecule has 0 saturated heterocycles. The van der Waals surface area contributed by atoms with Gasteiger partial charge in [0, 0.05) is 11.4 Å². The quantitative estimate of drug-likeness (QED) is 0.466. The Morgan fingerprint density at radius 2 is 0.833 bits per heavy atom. The minimum absolute atomic E-state index is 0.304. The van der Waals surface area contributed by atoms with Crippen molar-refractivity contribution < 1.29 is 0 Å². The van der Waals surface area contributed by atoms with Crippen molar-refractivity contribution in [1.29, 1.82) is 0 Å². The molecule has 0 bridgehead atoms. The molecular formula is C27H35N3. The van der Waals surface area contributed by atoms with Gasteiger partial charge in [0.1, 0.15) is 0 Å². The van der Waals surface area contributed by atoms with E-state index in [0.717, 1.165) is 11.4 Å². The van der Waals surface area contributed by atoms with Gasteiger partial charge in [0.15, 0.2) is 0 Å². The van der Waals surface area contributed by atoms with Crippen LogP contribution in [0.15, 0.2) is 54.6 Å². The van der Waals surface area contributed by atoms with Crippen LogP contribution in [0.4, 0.5) is 11.4 Å². The second kappa shape index (κ2) is 8.14. The molecule has 1 heterocycles. The van der Waals surface area contributed by atoms with Gasteiger partial charge in [-0.15, -0.1) is 0 Å². The van der Waals surface area contributed by atoms with Crippen LogP contribution in [0.25, 0.3) is 0 Å². The number of hydrogen-bond acceptors (Lipinski definition) is 3. The molecule has 3 aromatic rings. The lowest BCUT2D eigenvalue weighted by Crippen LogP contribution is -2.34. The molecular weight excluding hydrogens is 366 g/mol. The van der Waals surface area contributed by atoms with E-state index in [1.54, 1.807) is 0 Å². The van der Waals surface area contributed by atoms with Crippen molar-refractivity contribution in [2.75, 3.05) is 10.6 Å². The molecule has 30 heavy (non-hydrogen) atoms. The smallest absolute Gasteiger partial charge is 0.0739 e. The third-order valence-corrected chi connectivity index (χ3v) is 5.87. The van der Waals surface area contributed by atoms with Crippen LogP contribution >= 0.6 is 0 Å². The monoisotopic (exact) mass is 401 g/mol. The summed E-state index contributed by atoms with van der Waals surface area (Å²) in [7, 11) is 0. The number of nitrogens with zero attached hydrogens (tertiary/aromatic N) is 1. The molecule has 2 N–H and O–H groups in total. The summed E-state index contributed by atoms with van der Waals surface area (Å²) in [4.78, 5) is 5.10. The topological polar surface area (TPSA) is 37.0 Å². The second-order valence-corrected chi connectivity index (χ2v) is 9.44. The molecule has 0 aliphatic rings. The lowest BCUT2D eigenvalue weighted by molar-refractivity contribution is 0.547. The van der Waals surface area contributed by atoms with Crippen molar-refractivity contribution in [3.63, 3.8) is 0 Å². The molecule has 0 atom stereocenters. The van der Waals surface area contributed by atoms with Gasteiger partial charge in [-0.2, -0.15) is 0 Å². The van der Waals surface area contributed by atoms with Crippen LogP contribution in [0, 0.1) is 27.7 Å². The molecule has 0 spiro atoms. The number of benzene rings is 2. The molecule has 2 aromatic carbocycles. The molecule has 1 aromatic heterocycles. The van der Waals surface area contributed by atoms with E-state index in [-0.39, 0.29) is 11.1 Å². The van der Waals surface area contributed by atoms with Crippen LogP contribution < -0.4 is 10.6 Å². The number of aryl methyl sites for hydroxylation is 4. The van der Waals surface area contributed by atoms with Crippen LogP contribution in [0.5, 0.6) is 0 Å². The minimum Gasteiger partial charge on any atom is -0.374 e. The maximum atomic E-state index is 5.10. The summed E-state index contributed by atoms with van der Waals surface area (Å²) >= 11 is 0. The Hall–Kier alpha value is -2.81. The molecule has 3 heteroatoms. The summed E-state index contributed by atoms with van der Waals surface area (Å²) in [6, 6.07) is 19.1. The van der Waals surface area contributed by atoms with Gasteiger partial charge in [0.2, 0.25) is 0 Å². The number of nitrogens with one attached hydrogen (secondary N) is 2. The number of hydrogen-bond donors (Lipinski definition) is 2. The molecule has 0 amide bonds.